The molecule has 3 nitrogen and oxygen atoms in total. The molecule has 0 amide bonds. The van der Waals surface area contributed by atoms with Crippen LogP contribution in [0.25, 0.3) is 11.0 Å². The van der Waals surface area contributed by atoms with E-state index >= 15 is 0 Å². The van der Waals surface area contributed by atoms with E-state index in [4.69, 9.17) is 4.42 Å². The highest BCUT2D eigenvalue weighted by atomic mass is 32.2. The van der Waals surface area contributed by atoms with Crippen molar-refractivity contribution < 1.29 is 4.42 Å². The molecule has 0 fully saturated rings. The summed E-state index contributed by atoms with van der Waals surface area (Å²) in [4.78, 5) is 17.0. The van der Waals surface area contributed by atoms with Crippen LogP contribution in [0.3, 0.4) is 0 Å². The minimum Gasteiger partial charge on any atom is -0.422 e. The zero-order chi connectivity index (χ0) is 22.8. The van der Waals surface area contributed by atoms with Crippen molar-refractivity contribution in [3.8, 4) is 0 Å². The molecule has 1 atom stereocenters. The number of aryl methyl sites for hydroxylation is 1. The average Bonchev–Trinajstić information content (AvgIpc) is 2.72. The van der Waals surface area contributed by atoms with Crippen LogP contribution < -0.4 is 10.5 Å². The van der Waals surface area contributed by atoms with Crippen LogP contribution in [0.5, 0.6) is 0 Å². The predicted molar refractivity (Wildman–Crippen MR) is 135 cm³/mol. The van der Waals surface area contributed by atoms with Crippen molar-refractivity contribution in [1.29, 1.82) is 0 Å². The van der Waals surface area contributed by atoms with Gasteiger partial charge < -0.3 is 9.32 Å². The first-order chi connectivity index (χ1) is 15.1. The van der Waals surface area contributed by atoms with E-state index in [2.05, 4.69) is 82.8 Å². The molecule has 0 aliphatic carbocycles. The van der Waals surface area contributed by atoms with Crippen molar-refractivity contribution in [1.82, 2.24) is 0 Å². The number of anilines is 1. The third-order valence-corrected chi connectivity index (χ3v) is 8.91. The van der Waals surface area contributed by atoms with Crippen LogP contribution in [0.2, 0.25) is 0 Å². The molecule has 1 aromatic heterocycles. The van der Waals surface area contributed by atoms with Gasteiger partial charge in [0.2, 0.25) is 0 Å². The second kappa shape index (κ2) is 7.41. The summed E-state index contributed by atoms with van der Waals surface area (Å²) in [5, 5.41) is 1.08. The Morgan fingerprint density at radius 3 is 2.44 bits per heavy atom. The van der Waals surface area contributed by atoms with Gasteiger partial charge in [0.25, 0.3) is 0 Å². The minimum absolute atomic E-state index is 0.0154. The number of benzene rings is 2. The molecular weight excluding hydrogens is 414 g/mol. The Hall–Kier alpha value is -2.20. The summed E-state index contributed by atoms with van der Waals surface area (Å²) in [5.41, 5.74) is 6.61. The second-order valence-corrected chi connectivity index (χ2v) is 12.2. The third-order valence-electron chi connectivity index (χ3n) is 7.59. The van der Waals surface area contributed by atoms with Crippen LogP contribution in [0.1, 0.15) is 75.0 Å². The lowest BCUT2D eigenvalue weighted by atomic mass is 9.69. The number of fused-ring (bicyclic) bond motifs is 2. The molecule has 0 bridgehead atoms. The number of nitrogens with zero attached hydrogens (tertiary/aromatic N) is 1. The molecule has 32 heavy (non-hydrogen) atoms. The maximum Gasteiger partial charge on any atom is 0.340 e. The summed E-state index contributed by atoms with van der Waals surface area (Å²) in [5.74, 6) is 0. The van der Waals surface area contributed by atoms with E-state index in [0.717, 1.165) is 42.5 Å². The van der Waals surface area contributed by atoms with Crippen LogP contribution in [0.4, 0.5) is 5.69 Å². The van der Waals surface area contributed by atoms with Crippen LogP contribution in [-0.4, -0.2) is 13.1 Å². The quantitative estimate of drug-likeness (QED) is 0.316. The van der Waals surface area contributed by atoms with Gasteiger partial charge in [0.05, 0.1) is 5.56 Å². The van der Waals surface area contributed by atoms with Gasteiger partial charge >= 0.3 is 5.63 Å². The first-order valence-electron chi connectivity index (χ1n) is 11.7. The fourth-order valence-corrected chi connectivity index (χ4v) is 6.48. The van der Waals surface area contributed by atoms with E-state index < -0.39 is 0 Å². The molecule has 4 heteroatoms. The molecule has 2 aromatic carbocycles. The third kappa shape index (κ3) is 3.39. The van der Waals surface area contributed by atoms with Gasteiger partial charge in [0, 0.05) is 39.9 Å². The Morgan fingerprint density at radius 1 is 1.03 bits per heavy atom. The van der Waals surface area contributed by atoms with Crippen LogP contribution in [0, 0.1) is 6.92 Å². The number of hydrogen-bond acceptors (Lipinski definition) is 4. The zero-order valence-corrected chi connectivity index (χ0v) is 20.9. The summed E-state index contributed by atoms with van der Waals surface area (Å²) in [6, 6.07) is 12.8. The Balaban J connectivity index is 1.70. The lowest BCUT2D eigenvalue weighted by molar-refractivity contribution is 0.398. The molecule has 2 aliphatic rings. The summed E-state index contributed by atoms with van der Waals surface area (Å²) in [6.45, 7) is 15.7. The Morgan fingerprint density at radius 2 is 1.72 bits per heavy atom. The first kappa shape index (κ1) is 21.6. The molecule has 2 aliphatic heterocycles. The highest BCUT2D eigenvalue weighted by Crippen LogP contribution is 2.51. The minimum atomic E-state index is -0.203. The summed E-state index contributed by atoms with van der Waals surface area (Å²) < 4.78 is 6.16. The van der Waals surface area contributed by atoms with E-state index in [0.29, 0.717) is 0 Å². The number of thioether (sulfide) groups is 1. The van der Waals surface area contributed by atoms with E-state index in [1.54, 1.807) is 11.8 Å². The Bertz CT molecular complexity index is 1270. The van der Waals surface area contributed by atoms with Gasteiger partial charge in [-0.25, -0.2) is 4.79 Å². The van der Waals surface area contributed by atoms with Crippen molar-refractivity contribution in [2.24, 2.45) is 0 Å². The van der Waals surface area contributed by atoms with E-state index in [1.807, 2.05) is 0 Å². The number of hydrogen-bond donors (Lipinski definition) is 0. The Labute approximate surface area is 195 Å². The Kier molecular flexibility index (Phi) is 5.01. The molecule has 1 unspecified atom stereocenters. The van der Waals surface area contributed by atoms with Gasteiger partial charge in [-0.05, 0) is 66.8 Å². The largest absolute Gasteiger partial charge is 0.422 e. The topological polar surface area (TPSA) is 33.5 Å². The van der Waals surface area contributed by atoms with E-state index in [9.17, 15) is 4.79 Å². The smallest absolute Gasteiger partial charge is 0.340 e. The lowest BCUT2D eigenvalue weighted by Gasteiger charge is -2.48. The fourth-order valence-electron chi connectivity index (χ4n) is 5.39. The summed E-state index contributed by atoms with van der Waals surface area (Å²) in [6.07, 6.45) is 2.22. The van der Waals surface area contributed by atoms with Gasteiger partial charge in [0.15, 0.2) is 0 Å². The van der Waals surface area contributed by atoms with Crippen LogP contribution in [-0.2, 0) is 10.8 Å². The predicted octanol–water partition coefficient (Wildman–Crippen LogP) is 7.12. The van der Waals surface area contributed by atoms with Crippen molar-refractivity contribution in [2.75, 3.05) is 18.0 Å². The van der Waals surface area contributed by atoms with Gasteiger partial charge in [-0.3, -0.25) is 0 Å². The normalized spacial score (nSPS) is 19.6. The molecule has 168 valence electrons. The van der Waals surface area contributed by atoms with Gasteiger partial charge in [-0.15, -0.1) is 11.8 Å². The van der Waals surface area contributed by atoms with Crippen molar-refractivity contribution in [3.63, 3.8) is 0 Å². The summed E-state index contributed by atoms with van der Waals surface area (Å²) >= 11 is 1.73. The number of rotatable bonds is 3. The molecule has 0 radical (unpaired) electrons. The second-order valence-electron chi connectivity index (χ2n) is 10.8. The molecule has 3 heterocycles. The van der Waals surface area contributed by atoms with Crippen LogP contribution in [0.15, 0.2) is 50.5 Å². The fraction of sp³-hybridized carbons (Fsp3) is 0.464. The molecule has 5 rings (SSSR count). The highest BCUT2D eigenvalue weighted by molar-refractivity contribution is 7.99. The van der Waals surface area contributed by atoms with E-state index in [-0.39, 0.29) is 21.7 Å². The van der Waals surface area contributed by atoms with Gasteiger partial charge in [-0.1, -0.05) is 45.9 Å². The van der Waals surface area contributed by atoms with Crippen molar-refractivity contribution in [3.05, 3.63) is 69.1 Å². The van der Waals surface area contributed by atoms with Crippen molar-refractivity contribution in [2.45, 2.75) is 75.4 Å². The van der Waals surface area contributed by atoms with Gasteiger partial charge in [-0.2, -0.15) is 0 Å². The first-order valence-corrected chi connectivity index (χ1v) is 12.6. The SMILES string of the molecule is Cc1ccccc1SC(C)c1cc2cc3c4c(c2oc1=O)C(C)(C)CCN4CCC3(C)C. The maximum atomic E-state index is 13.2. The van der Waals surface area contributed by atoms with Crippen LogP contribution >= 0.6 is 11.8 Å². The van der Waals surface area contributed by atoms with Crippen molar-refractivity contribution >= 4 is 28.4 Å². The highest BCUT2D eigenvalue weighted by Gasteiger charge is 2.42. The van der Waals surface area contributed by atoms with E-state index in [1.165, 1.54) is 27.3 Å². The monoisotopic (exact) mass is 447 g/mol. The van der Waals surface area contributed by atoms with Gasteiger partial charge in [0.1, 0.15) is 5.58 Å². The zero-order valence-electron chi connectivity index (χ0n) is 20.0. The summed E-state index contributed by atoms with van der Waals surface area (Å²) in [7, 11) is 0. The molecule has 0 saturated heterocycles. The molecular formula is C28H33NO2S. The molecule has 0 N–H and O–H groups in total. The average molecular weight is 448 g/mol. The lowest BCUT2D eigenvalue weighted by Crippen LogP contribution is -2.44. The molecule has 0 spiro atoms. The molecule has 3 aromatic rings. The maximum absolute atomic E-state index is 13.2. The molecule has 0 saturated carbocycles. The standard InChI is InChI=1S/C28H33NO2S/c1-17-9-7-8-10-22(17)32-18(2)20-15-19-16-21-24-23(25(19)31-26(20)30)28(5,6)12-14-29(24)13-11-27(21,3)4/h7-10,15-16,18H,11-14H2,1-6H3.